The second-order valence-corrected chi connectivity index (χ2v) is 4.61. The van der Waals surface area contributed by atoms with Gasteiger partial charge in [0.05, 0.1) is 19.2 Å². The molecule has 1 aromatic carbocycles. The van der Waals surface area contributed by atoms with Crippen LogP contribution in [0.4, 0.5) is 5.69 Å². The summed E-state index contributed by atoms with van der Waals surface area (Å²) in [6.07, 6.45) is 0. The molecule has 3 N–H and O–H groups in total. The molecule has 2 rings (SSSR count). The lowest BCUT2D eigenvalue weighted by Crippen LogP contribution is -2.52. The summed E-state index contributed by atoms with van der Waals surface area (Å²) in [4.78, 5) is 26.5. The van der Waals surface area contributed by atoms with Crippen molar-refractivity contribution in [2.24, 2.45) is 5.73 Å². The third-order valence-corrected chi connectivity index (χ3v) is 3.20. The Labute approximate surface area is 111 Å². The number of benzene rings is 1. The molecule has 1 heterocycles. The number of amides is 2. The van der Waals surface area contributed by atoms with E-state index in [0.717, 1.165) is 5.56 Å². The Morgan fingerprint density at radius 1 is 1.32 bits per heavy atom. The summed E-state index contributed by atoms with van der Waals surface area (Å²) in [5, 5.41) is 9.05. The molecule has 1 unspecified atom stereocenters. The Hall–Kier alpha value is -1.92. The minimum atomic E-state index is -0.488. The van der Waals surface area contributed by atoms with Crippen molar-refractivity contribution < 1.29 is 14.7 Å². The van der Waals surface area contributed by atoms with Gasteiger partial charge < -0.3 is 20.6 Å². The first-order valence-electron chi connectivity index (χ1n) is 6.03. The highest BCUT2D eigenvalue weighted by Gasteiger charge is 2.28. The predicted molar refractivity (Wildman–Crippen MR) is 70.4 cm³/mol. The third-order valence-electron chi connectivity index (χ3n) is 3.20. The molecule has 19 heavy (non-hydrogen) atoms. The van der Waals surface area contributed by atoms with E-state index in [1.54, 1.807) is 31.3 Å². The zero-order chi connectivity index (χ0) is 14.0. The van der Waals surface area contributed by atoms with E-state index >= 15 is 0 Å². The van der Waals surface area contributed by atoms with Gasteiger partial charge in [0.15, 0.2) is 0 Å². The Bertz CT molecular complexity index is 504. The summed E-state index contributed by atoms with van der Waals surface area (Å²) in [5.74, 6) is -0.228. The Kier molecular flexibility index (Phi) is 3.82. The molecule has 102 valence electrons. The minimum absolute atomic E-state index is 0.0349. The van der Waals surface area contributed by atoms with E-state index < -0.39 is 6.04 Å². The van der Waals surface area contributed by atoms with E-state index in [-0.39, 0.29) is 31.5 Å². The lowest BCUT2D eigenvalue weighted by Gasteiger charge is -2.32. The molecule has 6 heteroatoms. The maximum absolute atomic E-state index is 12.0. The van der Waals surface area contributed by atoms with Crippen molar-refractivity contribution >= 4 is 17.5 Å². The highest BCUT2D eigenvalue weighted by molar-refractivity contribution is 6.04. The lowest BCUT2D eigenvalue weighted by atomic mass is 10.1. The lowest BCUT2D eigenvalue weighted by molar-refractivity contribution is -0.136. The first kappa shape index (κ1) is 13.5. The van der Waals surface area contributed by atoms with Gasteiger partial charge >= 0.3 is 0 Å². The van der Waals surface area contributed by atoms with Gasteiger partial charge in [-0.2, -0.15) is 0 Å². The number of aliphatic hydroxyl groups is 1. The van der Waals surface area contributed by atoms with Crippen molar-refractivity contribution in [3.05, 3.63) is 29.8 Å². The van der Waals surface area contributed by atoms with Gasteiger partial charge in [0.1, 0.15) is 6.54 Å². The molecule has 0 spiro atoms. The molecule has 1 saturated heterocycles. The van der Waals surface area contributed by atoms with Gasteiger partial charge in [-0.1, -0.05) is 12.1 Å². The average Bonchev–Trinajstić information content (AvgIpc) is 2.42. The molecule has 2 amide bonds. The quantitative estimate of drug-likeness (QED) is 0.768. The summed E-state index contributed by atoms with van der Waals surface area (Å²) in [6.45, 7) is -0.0542. The summed E-state index contributed by atoms with van der Waals surface area (Å²) in [5.41, 5.74) is 7.12. The first-order valence-corrected chi connectivity index (χ1v) is 6.03. The molecule has 1 aromatic rings. The van der Waals surface area contributed by atoms with Crippen LogP contribution in [0.25, 0.3) is 0 Å². The topological polar surface area (TPSA) is 86.9 Å². The fraction of sp³-hybridized carbons (Fsp3) is 0.385. The molecule has 0 aliphatic carbocycles. The second kappa shape index (κ2) is 5.38. The number of aliphatic hydroxyl groups excluding tert-OH is 1. The van der Waals surface area contributed by atoms with Crippen LogP contribution < -0.4 is 10.6 Å². The zero-order valence-electron chi connectivity index (χ0n) is 10.7. The summed E-state index contributed by atoms with van der Waals surface area (Å²) < 4.78 is 0. The number of hydrogen-bond acceptors (Lipinski definition) is 4. The number of nitrogens with zero attached hydrogens (tertiary/aromatic N) is 2. The largest absolute Gasteiger partial charge is 0.394 e. The van der Waals surface area contributed by atoms with E-state index in [4.69, 9.17) is 10.8 Å². The number of carbonyl (C=O) groups excluding carboxylic acids is 2. The summed E-state index contributed by atoms with van der Waals surface area (Å²) in [7, 11) is 1.61. The number of likely N-dealkylation sites (N-methyl/N-ethyl adjacent to an activating group) is 1. The van der Waals surface area contributed by atoms with Crippen molar-refractivity contribution in [2.75, 3.05) is 31.6 Å². The minimum Gasteiger partial charge on any atom is -0.394 e. The zero-order valence-corrected chi connectivity index (χ0v) is 10.7. The van der Waals surface area contributed by atoms with Crippen LogP contribution in [-0.4, -0.2) is 48.6 Å². The van der Waals surface area contributed by atoms with Crippen LogP contribution in [0.2, 0.25) is 0 Å². The number of hydrogen-bond donors (Lipinski definition) is 2. The van der Waals surface area contributed by atoms with Crippen molar-refractivity contribution in [3.8, 4) is 0 Å². The third kappa shape index (κ3) is 2.74. The molecule has 1 aliphatic heterocycles. The van der Waals surface area contributed by atoms with E-state index in [0.29, 0.717) is 5.69 Å². The number of nitrogens with two attached hydrogens (primary N) is 1. The molecule has 1 atom stereocenters. The number of carbonyl (C=O) groups is 2. The summed E-state index contributed by atoms with van der Waals surface area (Å²) in [6, 6.07) is 6.54. The highest BCUT2D eigenvalue weighted by Crippen LogP contribution is 2.21. The van der Waals surface area contributed by atoms with Crippen LogP contribution in [0.1, 0.15) is 11.6 Å². The van der Waals surface area contributed by atoms with Gasteiger partial charge in [-0.05, 0) is 17.7 Å². The molecule has 0 aromatic heterocycles. The standard InChI is InChI=1S/C13H17N3O3/c1-15-6-13(19)16(7-12(15)18)10-4-2-3-9(5-10)11(14)8-17/h2-5,11,17H,6-8,14H2,1H3. The van der Waals surface area contributed by atoms with Gasteiger partial charge in [0.25, 0.3) is 0 Å². The maximum Gasteiger partial charge on any atom is 0.247 e. The SMILES string of the molecule is CN1CC(=O)N(c2cccc(C(N)CO)c2)CC1=O. The van der Waals surface area contributed by atoms with Crippen molar-refractivity contribution in [3.63, 3.8) is 0 Å². The molecule has 0 saturated carbocycles. The Morgan fingerprint density at radius 3 is 2.74 bits per heavy atom. The van der Waals surface area contributed by atoms with Gasteiger partial charge in [-0.3, -0.25) is 9.59 Å². The Balaban J connectivity index is 2.26. The molecular formula is C13H17N3O3. The van der Waals surface area contributed by atoms with Crippen LogP contribution in [0.3, 0.4) is 0 Å². The van der Waals surface area contributed by atoms with E-state index in [9.17, 15) is 9.59 Å². The van der Waals surface area contributed by atoms with Gasteiger partial charge in [-0.15, -0.1) is 0 Å². The molecule has 0 radical (unpaired) electrons. The molecule has 6 nitrogen and oxygen atoms in total. The Morgan fingerprint density at radius 2 is 2.05 bits per heavy atom. The summed E-state index contributed by atoms with van der Waals surface area (Å²) >= 11 is 0. The van der Waals surface area contributed by atoms with Crippen LogP contribution in [-0.2, 0) is 9.59 Å². The van der Waals surface area contributed by atoms with Crippen LogP contribution in [0.5, 0.6) is 0 Å². The first-order chi connectivity index (χ1) is 9.02. The van der Waals surface area contributed by atoms with E-state index in [2.05, 4.69) is 0 Å². The van der Waals surface area contributed by atoms with Crippen LogP contribution in [0, 0.1) is 0 Å². The number of anilines is 1. The van der Waals surface area contributed by atoms with Crippen LogP contribution in [0.15, 0.2) is 24.3 Å². The molecule has 1 fully saturated rings. The predicted octanol–water partition coefficient (Wildman–Crippen LogP) is -0.516. The monoisotopic (exact) mass is 263 g/mol. The molecule has 1 aliphatic rings. The van der Waals surface area contributed by atoms with Crippen molar-refractivity contribution in [1.82, 2.24) is 4.90 Å². The average molecular weight is 263 g/mol. The number of piperazine rings is 1. The van der Waals surface area contributed by atoms with Gasteiger partial charge in [-0.25, -0.2) is 0 Å². The highest BCUT2D eigenvalue weighted by atomic mass is 16.3. The van der Waals surface area contributed by atoms with Gasteiger partial charge in [0.2, 0.25) is 11.8 Å². The van der Waals surface area contributed by atoms with Gasteiger partial charge in [0, 0.05) is 12.7 Å². The number of rotatable bonds is 3. The second-order valence-electron chi connectivity index (χ2n) is 4.61. The van der Waals surface area contributed by atoms with Crippen LogP contribution >= 0.6 is 0 Å². The van der Waals surface area contributed by atoms with Crippen molar-refractivity contribution in [2.45, 2.75) is 6.04 Å². The van der Waals surface area contributed by atoms with Crippen molar-refractivity contribution in [1.29, 1.82) is 0 Å². The van der Waals surface area contributed by atoms with E-state index in [1.165, 1.54) is 9.80 Å². The fourth-order valence-electron chi connectivity index (χ4n) is 1.98. The fourth-order valence-corrected chi connectivity index (χ4v) is 1.98. The van der Waals surface area contributed by atoms with E-state index in [1.807, 2.05) is 0 Å². The maximum atomic E-state index is 12.0. The normalized spacial score (nSPS) is 17.8. The smallest absolute Gasteiger partial charge is 0.247 e. The molecule has 0 bridgehead atoms. The molecular weight excluding hydrogens is 246 g/mol.